The van der Waals surface area contributed by atoms with E-state index >= 15 is 0 Å². The lowest BCUT2D eigenvalue weighted by atomic mass is 10.1. The molecule has 0 amide bonds. The highest BCUT2D eigenvalue weighted by atomic mass is 127. The Kier molecular flexibility index (Phi) is 8.83. The van der Waals surface area contributed by atoms with E-state index in [0.29, 0.717) is 13.1 Å². The SMILES string of the molecule is CN=C(NCc1ccccc1OCC1CC1)NCC(C)(C)OC.I. The number of rotatable bonds is 8. The largest absolute Gasteiger partial charge is 0.493 e. The van der Waals surface area contributed by atoms with E-state index in [2.05, 4.69) is 21.7 Å². The Labute approximate surface area is 162 Å². The minimum atomic E-state index is -0.233. The number of hydrogen-bond donors (Lipinski definition) is 2. The van der Waals surface area contributed by atoms with Crippen LogP contribution in [0.4, 0.5) is 0 Å². The topological polar surface area (TPSA) is 54.9 Å². The van der Waals surface area contributed by atoms with Gasteiger partial charge in [0.25, 0.3) is 0 Å². The minimum absolute atomic E-state index is 0. The smallest absolute Gasteiger partial charge is 0.191 e. The number of para-hydroxylation sites is 1. The number of methoxy groups -OCH3 is 1. The van der Waals surface area contributed by atoms with E-state index in [0.717, 1.165) is 29.8 Å². The second-order valence-electron chi connectivity index (χ2n) is 6.61. The van der Waals surface area contributed by atoms with Gasteiger partial charge < -0.3 is 20.1 Å². The fourth-order valence-corrected chi connectivity index (χ4v) is 2.05. The Morgan fingerprint density at radius 1 is 1.25 bits per heavy atom. The number of ether oxygens (including phenoxy) is 2. The first-order valence-electron chi connectivity index (χ1n) is 8.24. The van der Waals surface area contributed by atoms with E-state index in [1.54, 1.807) is 14.2 Å². The van der Waals surface area contributed by atoms with Crippen LogP contribution in [-0.2, 0) is 11.3 Å². The van der Waals surface area contributed by atoms with Gasteiger partial charge in [-0.05, 0) is 38.7 Å². The summed E-state index contributed by atoms with van der Waals surface area (Å²) in [7, 11) is 3.48. The Morgan fingerprint density at radius 2 is 1.96 bits per heavy atom. The Balaban J connectivity index is 0.00000288. The van der Waals surface area contributed by atoms with E-state index < -0.39 is 0 Å². The summed E-state index contributed by atoms with van der Waals surface area (Å²) in [5.41, 5.74) is 0.908. The van der Waals surface area contributed by atoms with Gasteiger partial charge in [0.1, 0.15) is 5.75 Å². The van der Waals surface area contributed by atoms with Gasteiger partial charge >= 0.3 is 0 Å². The van der Waals surface area contributed by atoms with Crippen LogP contribution in [0.2, 0.25) is 0 Å². The molecular formula is C18H30IN3O2. The molecule has 0 heterocycles. The van der Waals surface area contributed by atoms with Gasteiger partial charge in [0, 0.05) is 32.8 Å². The van der Waals surface area contributed by atoms with Crippen molar-refractivity contribution >= 4 is 29.9 Å². The summed E-state index contributed by atoms with van der Waals surface area (Å²) in [4.78, 5) is 4.25. The van der Waals surface area contributed by atoms with E-state index in [1.807, 2.05) is 32.0 Å². The molecule has 0 aliphatic heterocycles. The molecule has 1 aliphatic carbocycles. The molecule has 0 atom stereocenters. The predicted molar refractivity (Wildman–Crippen MR) is 109 cm³/mol. The molecule has 1 aromatic rings. The van der Waals surface area contributed by atoms with Crippen LogP contribution in [0.1, 0.15) is 32.3 Å². The molecule has 136 valence electrons. The van der Waals surface area contributed by atoms with Crippen LogP contribution < -0.4 is 15.4 Å². The van der Waals surface area contributed by atoms with Gasteiger partial charge in [-0.2, -0.15) is 0 Å². The number of benzene rings is 1. The van der Waals surface area contributed by atoms with Crippen molar-refractivity contribution in [2.24, 2.45) is 10.9 Å². The van der Waals surface area contributed by atoms with Gasteiger partial charge in [-0.25, -0.2) is 0 Å². The molecule has 0 radical (unpaired) electrons. The number of nitrogens with zero attached hydrogens (tertiary/aromatic N) is 1. The normalized spacial score (nSPS) is 14.8. The lowest BCUT2D eigenvalue weighted by Crippen LogP contribution is -2.45. The molecule has 1 saturated carbocycles. The van der Waals surface area contributed by atoms with Crippen molar-refractivity contribution in [3.63, 3.8) is 0 Å². The number of halogens is 1. The van der Waals surface area contributed by atoms with Crippen molar-refractivity contribution in [2.45, 2.75) is 38.8 Å². The zero-order chi connectivity index (χ0) is 16.7. The van der Waals surface area contributed by atoms with Crippen LogP contribution in [0.3, 0.4) is 0 Å². The third kappa shape index (κ3) is 7.25. The first-order valence-corrected chi connectivity index (χ1v) is 8.24. The fourth-order valence-electron chi connectivity index (χ4n) is 2.05. The number of hydrogen-bond acceptors (Lipinski definition) is 3. The Morgan fingerprint density at radius 3 is 2.58 bits per heavy atom. The van der Waals surface area contributed by atoms with Crippen LogP contribution in [-0.4, -0.2) is 38.9 Å². The lowest BCUT2D eigenvalue weighted by Gasteiger charge is -2.24. The second-order valence-corrected chi connectivity index (χ2v) is 6.61. The fraction of sp³-hybridized carbons (Fsp3) is 0.611. The predicted octanol–water partition coefficient (Wildman–Crippen LogP) is 3.18. The number of aliphatic imine (C=N–C) groups is 1. The molecule has 2 N–H and O–H groups in total. The van der Waals surface area contributed by atoms with Crippen molar-refractivity contribution < 1.29 is 9.47 Å². The average molecular weight is 447 g/mol. The van der Waals surface area contributed by atoms with Gasteiger partial charge in [0.05, 0.1) is 12.2 Å². The van der Waals surface area contributed by atoms with Crippen molar-refractivity contribution in [2.75, 3.05) is 27.3 Å². The summed E-state index contributed by atoms with van der Waals surface area (Å²) in [6.07, 6.45) is 2.60. The molecule has 0 spiro atoms. The zero-order valence-electron chi connectivity index (χ0n) is 15.1. The standard InChI is InChI=1S/C18H29N3O2.HI/c1-18(2,22-4)13-21-17(19-3)20-11-15-7-5-6-8-16(15)23-12-14-9-10-14;/h5-8,14H,9-13H2,1-4H3,(H2,19,20,21);1H. The van der Waals surface area contributed by atoms with Crippen molar-refractivity contribution in [3.05, 3.63) is 29.8 Å². The molecule has 1 fully saturated rings. The molecule has 1 aromatic carbocycles. The quantitative estimate of drug-likeness (QED) is 0.365. The molecule has 2 rings (SSSR count). The summed E-state index contributed by atoms with van der Waals surface area (Å²) < 4.78 is 11.3. The highest BCUT2D eigenvalue weighted by molar-refractivity contribution is 14.0. The molecule has 0 unspecified atom stereocenters. The summed E-state index contributed by atoms with van der Waals surface area (Å²) >= 11 is 0. The minimum Gasteiger partial charge on any atom is -0.493 e. The van der Waals surface area contributed by atoms with Gasteiger partial charge in [-0.3, -0.25) is 4.99 Å². The number of nitrogens with one attached hydrogen (secondary N) is 2. The van der Waals surface area contributed by atoms with Crippen LogP contribution >= 0.6 is 24.0 Å². The summed E-state index contributed by atoms with van der Waals surface area (Å²) in [5.74, 6) is 2.47. The van der Waals surface area contributed by atoms with Crippen LogP contribution in [0.25, 0.3) is 0 Å². The van der Waals surface area contributed by atoms with Crippen LogP contribution in [0, 0.1) is 5.92 Å². The maximum absolute atomic E-state index is 5.94. The third-order valence-electron chi connectivity index (χ3n) is 4.05. The first-order chi connectivity index (χ1) is 11.0. The molecule has 0 bridgehead atoms. The first kappa shape index (κ1) is 21.0. The third-order valence-corrected chi connectivity index (χ3v) is 4.05. The van der Waals surface area contributed by atoms with Crippen molar-refractivity contribution in [3.8, 4) is 5.75 Å². The number of guanidine groups is 1. The molecular weight excluding hydrogens is 417 g/mol. The Bertz CT molecular complexity index is 531. The summed E-state index contributed by atoms with van der Waals surface area (Å²) in [6.45, 7) is 6.26. The molecule has 5 nitrogen and oxygen atoms in total. The molecule has 0 saturated heterocycles. The van der Waals surface area contributed by atoms with Crippen molar-refractivity contribution in [1.29, 1.82) is 0 Å². The second kappa shape index (κ2) is 10.1. The lowest BCUT2D eigenvalue weighted by molar-refractivity contribution is 0.0268. The average Bonchev–Trinajstić information content (AvgIpc) is 3.38. The zero-order valence-corrected chi connectivity index (χ0v) is 17.4. The van der Waals surface area contributed by atoms with Gasteiger partial charge in [0.2, 0.25) is 0 Å². The maximum Gasteiger partial charge on any atom is 0.191 e. The maximum atomic E-state index is 5.94. The molecule has 1 aliphatic rings. The highest BCUT2D eigenvalue weighted by Crippen LogP contribution is 2.30. The van der Waals surface area contributed by atoms with Gasteiger partial charge in [-0.15, -0.1) is 24.0 Å². The van der Waals surface area contributed by atoms with Gasteiger partial charge in [0.15, 0.2) is 5.96 Å². The van der Waals surface area contributed by atoms with Crippen molar-refractivity contribution in [1.82, 2.24) is 10.6 Å². The summed E-state index contributed by atoms with van der Waals surface area (Å²) in [5, 5.41) is 6.61. The van der Waals surface area contributed by atoms with E-state index in [9.17, 15) is 0 Å². The van der Waals surface area contributed by atoms with Crippen LogP contribution in [0.15, 0.2) is 29.3 Å². The van der Waals surface area contributed by atoms with E-state index in [1.165, 1.54) is 12.8 Å². The monoisotopic (exact) mass is 447 g/mol. The Hall–Kier alpha value is -1.02. The van der Waals surface area contributed by atoms with Crippen LogP contribution in [0.5, 0.6) is 5.75 Å². The molecule has 0 aromatic heterocycles. The molecule has 6 heteroatoms. The van der Waals surface area contributed by atoms with Gasteiger partial charge in [-0.1, -0.05) is 18.2 Å². The molecule has 24 heavy (non-hydrogen) atoms. The highest BCUT2D eigenvalue weighted by Gasteiger charge is 2.22. The van der Waals surface area contributed by atoms with E-state index in [4.69, 9.17) is 9.47 Å². The summed E-state index contributed by atoms with van der Waals surface area (Å²) in [6, 6.07) is 8.16. The van der Waals surface area contributed by atoms with E-state index in [-0.39, 0.29) is 29.6 Å².